The molecule has 0 amide bonds. The Morgan fingerprint density at radius 3 is 2.64 bits per heavy atom. The maximum Gasteiger partial charge on any atom is 0.160 e. The summed E-state index contributed by atoms with van der Waals surface area (Å²) < 4.78 is 18.2. The van der Waals surface area contributed by atoms with E-state index in [1.807, 2.05) is 24.4 Å². The number of aliphatic hydroxyl groups excluding tert-OH is 2. The lowest BCUT2D eigenvalue weighted by Gasteiger charge is -2.44. The molecule has 9 nitrogen and oxygen atoms in total. The van der Waals surface area contributed by atoms with Gasteiger partial charge in [0.25, 0.3) is 0 Å². The lowest BCUT2D eigenvalue weighted by molar-refractivity contribution is 0.0199. The van der Waals surface area contributed by atoms with Crippen LogP contribution in [0.1, 0.15) is 66.4 Å². The summed E-state index contributed by atoms with van der Waals surface area (Å²) in [7, 11) is 1.49. The fourth-order valence-corrected chi connectivity index (χ4v) is 8.01. The van der Waals surface area contributed by atoms with Gasteiger partial charge in [0.15, 0.2) is 11.5 Å². The van der Waals surface area contributed by atoms with Crippen LogP contribution in [0.4, 0.5) is 0 Å². The van der Waals surface area contributed by atoms with Crippen molar-refractivity contribution in [1.82, 2.24) is 10.2 Å². The van der Waals surface area contributed by atoms with Crippen LogP contribution in [-0.2, 0) is 12.8 Å². The molecule has 0 bridgehead atoms. The molecule has 2 heterocycles. The van der Waals surface area contributed by atoms with Gasteiger partial charge in [0, 0.05) is 41.6 Å². The molecule has 1 fully saturated rings. The molecule has 3 aromatic carbocycles. The first kappa shape index (κ1) is 28.7. The molecule has 1 saturated carbocycles. The number of hydrogen-bond acceptors (Lipinski definition) is 9. The van der Waals surface area contributed by atoms with E-state index < -0.39 is 12.2 Å². The number of nitrogens with one attached hydrogen (secondary N) is 1. The highest BCUT2D eigenvalue weighted by Crippen LogP contribution is 2.55. The van der Waals surface area contributed by atoms with Crippen molar-refractivity contribution in [1.29, 1.82) is 0 Å². The average molecular weight is 601 g/mol. The van der Waals surface area contributed by atoms with Gasteiger partial charge in [-0.1, -0.05) is 25.0 Å². The first-order valence-electron chi connectivity index (χ1n) is 15.5. The molecule has 3 aromatic rings. The molecule has 0 radical (unpaired) electrons. The van der Waals surface area contributed by atoms with E-state index in [0.29, 0.717) is 29.2 Å². The predicted molar refractivity (Wildman–Crippen MR) is 165 cm³/mol. The van der Waals surface area contributed by atoms with Gasteiger partial charge in [0.1, 0.15) is 30.0 Å². The van der Waals surface area contributed by atoms with Gasteiger partial charge in [-0.05, 0) is 78.1 Å². The van der Waals surface area contributed by atoms with Crippen LogP contribution in [0.5, 0.6) is 28.7 Å². The van der Waals surface area contributed by atoms with Crippen molar-refractivity contribution < 1.29 is 34.6 Å². The fraction of sp³-hybridized carbons (Fsp3) is 0.429. The summed E-state index contributed by atoms with van der Waals surface area (Å²) in [5.41, 5.74) is 5.79. The molecule has 7 rings (SSSR count). The number of methoxy groups -OCH3 is 1. The minimum Gasteiger partial charge on any atom is -0.508 e. The summed E-state index contributed by atoms with van der Waals surface area (Å²) >= 11 is 0. The van der Waals surface area contributed by atoms with Crippen molar-refractivity contribution in [3.63, 3.8) is 0 Å². The molecule has 3 unspecified atom stereocenters. The Morgan fingerprint density at radius 2 is 1.89 bits per heavy atom. The van der Waals surface area contributed by atoms with Gasteiger partial charge in [-0.2, -0.15) is 0 Å². The lowest BCUT2D eigenvalue weighted by Crippen LogP contribution is -2.45. The minimum absolute atomic E-state index is 0.00955. The van der Waals surface area contributed by atoms with Crippen molar-refractivity contribution >= 4 is 0 Å². The van der Waals surface area contributed by atoms with E-state index in [9.17, 15) is 20.4 Å². The SMILES string of the molecule is COc1cc(C2Oc3cc(OCCO)c4c(c3CC2O)C(CC2(N3C=CNC3)CCCC2)Cc2cc(O)ccc2-4)ccc1O. The summed E-state index contributed by atoms with van der Waals surface area (Å²) in [6.07, 6.45) is 9.29. The van der Waals surface area contributed by atoms with Gasteiger partial charge in [-0.15, -0.1) is 0 Å². The number of ether oxygens (including phenoxy) is 3. The zero-order valence-corrected chi connectivity index (χ0v) is 25.0. The van der Waals surface area contributed by atoms with Crippen molar-refractivity contribution in [2.75, 3.05) is 27.0 Å². The zero-order valence-electron chi connectivity index (χ0n) is 25.0. The van der Waals surface area contributed by atoms with E-state index in [0.717, 1.165) is 60.2 Å². The average Bonchev–Trinajstić information content (AvgIpc) is 3.73. The minimum atomic E-state index is -0.835. The smallest absolute Gasteiger partial charge is 0.160 e. The third-order valence-electron chi connectivity index (χ3n) is 9.93. The molecule has 5 N–H and O–H groups in total. The maximum atomic E-state index is 11.6. The number of nitrogens with zero attached hydrogens (tertiary/aromatic N) is 1. The number of phenolic OH excluding ortho intramolecular Hbond substituents is 2. The molecule has 44 heavy (non-hydrogen) atoms. The Morgan fingerprint density at radius 1 is 1.05 bits per heavy atom. The number of benzene rings is 3. The molecule has 9 heteroatoms. The monoisotopic (exact) mass is 600 g/mol. The highest BCUT2D eigenvalue weighted by molar-refractivity contribution is 5.83. The van der Waals surface area contributed by atoms with E-state index >= 15 is 0 Å². The number of rotatable bonds is 8. The maximum absolute atomic E-state index is 11.6. The largest absolute Gasteiger partial charge is 0.508 e. The Hall–Kier alpha value is -4.08. The fourth-order valence-electron chi connectivity index (χ4n) is 8.01. The normalized spacial score (nSPS) is 22.9. The molecular weight excluding hydrogens is 560 g/mol. The van der Waals surface area contributed by atoms with Crippen molar-refractivity contribution in [2.24, 2.45) is 0 Å². The Bertz CT molecular complexity index is 1580. The molecule has 2 aliphatic carbocycles. The van der Waals surface area contributed by atoms with Gasteiger partial charge in [0.05, 0.1) is 26.5 Å². The summed E-state index contributed by atoms with van der Waals surface area (Å²) in [4.78, 5) is 2.45. The molecule has 0 spiro atoms. The molecular formula is C35H40N2O7. The summed E-state index contributed by atoms with van der Waals surface area (Å²) in [5.74, 6) is 1.91. The number of fused-ring (bicyclic) bond motifs is 5. The second kappa shape index (κ2) is 11.4. The third kappa shape index (κ3) is 4.88. The van der Waals surface area contributed by atoms with E-state index in [2.05, 4.69) is 16.4 Å². The molecule has 232 valence electrons. The van der Waals surface area contributed by atoms with Gasteiger partial charge in [-0.3, -0.25) is 0 Å². The standard InChI is InChI=1S/C35H40N2O7/c1-42-30-16-21(4-7-27(30)40)34-28(41)17-26-29(44-34)18-31(43-13-12-38)33-25-6-5-24(39)15-22(25)14-23(32(26)33)19-35(8-2-3-9-35)37-11-10-36-20-37/h4-7,10-11,15-16,18,23,28,34,36,38-41H,2-3,8-9,12-14,17,19-20H2,1H3. The van der Waals surface area contributed by atoms with Gasteiger partial charge in [-0.25, -0.2) is 0 Å². The zero-order chi connectivity index (χ0) is 30.4. The Balaban J connectivity index is 1.38. The predicted octanol–water partition coefficient (Wildman–Crippen LogP) is 4.86. The number of aliphatic hydroxyl groups is 2. The van der Waals surface area contributed by atoms with E-state index in [-0.39, 0.29) is 36.2 Å². The van der Waals surface area contributed by atoms with Crippen LogP contribution in [0.3, 0.4) is 0 Å². The van der Waals surface area contributed by atoms with Crippen molar-refractivity contribution in [2.45, 2.75) is 68.6 Å². The highest BCUT2D eigenvalue weighted by Gasteiger charge is 2.45. The molecule has 4 aliphatic rings. The molecule has 2 aliphatic heterocycles. The van der Waals surface area contributed by atoms with Gasteiger partial charge >= 0.3 is 0 Å². The second-order valence-electron chi connectivity index (χ2n) is 12.5. The number of aromatic hydroxyl groups is 2. The van der Waals surface area contributed by atoms with Crippen LogP contribution in [0.15, 0.2) is 54.9 Å². The lowest BCUT2D eigenvalue weighted by atomic mass is 9.69. The number of hydrogen-bond donors (Lipinski definition) is 5. The Kier molecular flexibility index (Phi) is 7.46. The summed E-state index contributed by atoms with van der Waals surface area (Å²) in [5, 5.41) is 45.3. The van der Waals surface area contributed by atoms with Gasteiger partial charge in [0.2, 0.25) is 0 Å². The quantitative estimate of drug-likeness (QED) is 0.247. The topological polar surface area (TPSA) is 124 Å². The van der Waals surface area contributed by atoms with E-state index in [1.54, 1.807) is 24.3 Å². The van der Waals surface area contributed by atoms with Crippen LogP contribution in [0.2, 0.25) is 0 Å². The Labute approximate surface area is 257 Å². The number of phenols is 2. The van der Waals surface area contributed by atoms with Gasteiger partial charge < -0.3 is 44.9 Å². The van der Waals surface area contributed by atoms with Crippen LogP contribution in [-0.4, -0.2) is 64.0 Å². The van der Waals surface area contributed by atoms with E-state index in [4.69, 9.17) is 14.2 Å². The van der Waals surface area contributed by atoms with Crippen LogP contribution < -0.4 is 19.5 Å². The molecule has 0 aromatic heterocycles. The first-order chi connectivity index (χ1) is 21.4. The van der Waals surface area contributed by atoms with Crippen LogP contribution in [0.25, 0.3) is 11.1 Å². The second-order valence-corrected chi connectivity index (χ2v) is 12.5. The van der Waals surface area contributed by atoms with Crippen LogP contribution >= 0.6 is 0 Å². The summed E-state index contributed by atoms with van der Waals surface area (Å²) in [6.45, 7) is 0.775. The first-order valence-corrected chi connectivity index (χ1v) is 15.5. The van der Waals surface area contributed by atoms with Crippen LogP contribution in [0, 0.1) is 0 Å². The molecule has 3 atom stereocenters. The highest BCUT2D eigenvalue weighted by atomic mass is 16.5. The third-order valence-corrected chi connectivity index (χ3v) is 9.93. The van der Waals surface area contributed by atoms with Crippen molar-refractivity contribution in [3.8, 4) is 39.9 Å². The molecule has 0 saturated heterocycles. The summed E-state index contributed by atoms with van der Waals surface area (Å²) in [6, 6.07) is 12.4. The van der Waals surface area contributed by atoms with Crippen molar-refractivity contribution in [3.05, 3.63) is 77.1 Å². The van der Waals surface area contributed by atoms with E-state index in [1.165, 1.54) is 20.0 Å².